The molecule has 23 heavy (non-hydrogen) atoms. The Balaban J connectivity index is 1.83. The minimum Gasteiger partial charge on any atom is -0.486 e. The fraction of sp³-hybridized carbons (Fsp3) is 0.611. The van der Waals surface area contributed by atoms with Crippen molar-refractivity contribution in [1.29, 1.82) is 0 Å². The molecule has 0 bridgehead atoms. The Morgan fingerprint density at radius 2 is 1.91 bits per heavy atom. The van der Waals surface area contributed by atoms with Gasteiger partial charge in [0.1, 0.15) is 6.10 Å². The topological polar surface area (TPSA) is 41.6 Å². The third-order valence-electron chi connectivity index (χ3n) is 4.58. The summed E-state index contributed by atoms with van der Waals surface area (Å²) in [6.45, 7) is 8.44. The highest BCUT2D eigenvalue weighted by molar-refractivity contribution is 5.81. The highest BCUT2D eigenvalue weighted by Crippen LogP contribution is 2.25. The second-order valence-corrected chi connectivity index (χ2v) is 6.50. The van der Waals surface area contributed by atoms with Gasteiger partial charge in [-0.05, 0) is 52.7 Å². The van der Waals surface area contributed by atoms with Crippen molar-refractivity contribution in [2.45, 2.75) is 64.8 Å². The van der Waals surface area contributed by atoms with Crippen molar-refractivity contribution in [3.63, 3.8) is 0 Å². The average molecular weight is 322 g/mol. The number of nitrogens with one attached hydrogen (secondary N) is 1. The molecule has 0 unspecified atom stereocenters. The first kappa shape index (κ1) is 17.7. The smallest absolute Gasteiger partial charge is 0.237 e. The van der Waals surface area contributed by atoms with Crippen LogP contribution in [0.4, 0.5) is 4.39 Å². The summed E-state index contributed by atoms with van der Waals surface area (Å²) in [7, 11) is 0. The summed E-state index contributed by atoms with van der Waals surface area (Å²) in [5.41, 5.74) is 0. The van der Waals surface area contributed by atoms with Crippen molar-refractivity contribution >= 4 is 5.91 Å². The number of amides is 1. The summed E-state index contributed by atoms with van der Waals surface area (Å²) in [5, 5.41) is 2.91. The van der Waals surface area contributed by atoms with Crippen molar-refractivity contribution in [2.75, 3.05) is 6.54 Å². The molecule has 5 heteroatoms. The van der Waals surface area contributed by atoms with Crippen LogP contribution in [0.15, 0.2) is 24.3 Å². The Morgan fingerprint density at radius 1 is 1.30 bits per heavy atom. The molecule has 1 saturated heterocycles. The standard InChI is InChI=1S/C18H27FN2O2/c1-12-9-10-13(2)21(12)15(4)18(22)20-11-14(3)23-17-8-6-5-7-16(17)19/h5-8,12-15H,9-11H2,1-4H3,(H,20,22)/t12-,13+,14-,15+/m1/s1. The molecule has 1 aliphatic rings. The fourth-order valence-corrected chi connectivity index (χ4v) is 3.30. The summed E-state index contributed by atoms with van der Waals surface area (Å²) in [4.78, 5) is 14.6. The van der Waals surface area contributed by atoms with Gasteiger partial charge in [0.05, 0.1) is 12.6 Å². The summed E-state index contributed by atoms with van der Waals surface area (Å²) in [5.74, 6) is -0.183. The zero-order chi connectivity index (χ0) is 17.0. The van der Waals surface area contributed by atoms with Crippen molar-refractivity contribution in [1.82, 2.24) is 10.2 Å². The predicted octanol–water partition coefficient (Wildman–Crippen LogP) is 2.97. The molecule has 1 aromatic carbocycles. The zero-order valence-corrected chi connectivity index (χ0v) is 14.4. The Labute approximate surface area is 138 Å². The van der Waals surface area contributed by atoms with Crippen LogP contribution < -0.4 is 10.1 Å². The monoisotopic (exact) mass is 322 g/mol. The van der Waals surface area contributed by atoms with Crippen molar-refractivity contribution in [2.24, 2.45) is 0 Å². The number of para-hydroxylation sites is 1. The number of likely N-dealkylation sites (tertiary alicyclic amines) is 1. The van der Waals surface area contributed by atoms with E-state index in [0.29, 0.717) is 18.6 Å². The summed E-state index contributed by atoms with van der Waals surface area (Å²) >= 11 is 0. The number of carbonyl (C=O) groups excluding carboxylic acids is 1. The van der Waals surface area contributed by atoms with Crippen LogP contribution in [0, 0.1) is 5.82 Å². The number of carbonyl (C=O) groups is 1. The Hall–Kier alpha value is -1.62. The third-order valence-corrected chi connectivity index (χ3v) is 4.58. The summed E-state index contributed by atoms with van der Waals surface area (Å²) in [6, 6.07) is 6.98. The number of hydrogen-bond donors (Lipinski definition) is 1. The molecule has 1 amide bonds. The first-order valence-corrected chi connectivity index (χ1v) is 8.36. The van der Waals surface area contributed by atoms with Gasteiger partial charge in [-0.2, -0.15) is 0 Å². The maximum absolute atomic E-state index is 13.5. The van der Waals surface area contributed by atoms with Crippen LogP contribution in [0.1, 0.15) is 40.5 Å². The number of rotatable bonds is 6. The molecule has 0 radical (unpaired) electrons. The van der Waals surface area contributed by atoms with Gasteiger partial charge in [-0.3, -0.25) is 9.69 Å². The SMILES string of the molecule is C[C@H](CNC(=O)[C@H](C)N1[C@H](C)CC[C@@H]1C)Oc1ccccc1F. The molecule has 0 aromatic heterocycles. The van der Waals surface area contributed by atoms with Gasteiger partial charge >= 0.3 is 0 Å². The Kier molecular flexibility index (Phi) is 5.99. The minimum absolute atomic E-state index is 0.00502. The van der Waals surface area contributed by atoms with E-state index in [4.69, 9.17) is 4.74 Å². The number of ether oxygens (including phenoxy) is 1. The lowest BCUT2D eigenvalue weighted by atomic mass is 10.2. The minimum atomic E-state index is -0.390. The summed E-state index contributed by atoms with van der Waals surface area (Å²) < 4.78 is 19.1. The maximum atomic E-state index is 13.5. The van der Waals surface area contributed by atoms with Gasteiger partial charge in [0.15, 0.2) is 11.6 Å². The van der Waals surface area contributed by atoms with E-state index in [2.05, 4.69) is 24.1 Å². The molecule has 1 heterocycles. The molecule has 1 N–H and O–H groups in total. The highest BCUT2D eigenvalue weighted by Gasteiger charge is 2.34. The van der Waals surface area contributed by atoms with E-state index < -0.39 is 5.82 Å². The first-order chi connectivity index (χ1) is 10.9. The van der Waals surface area contributed by atoms with Crippen molar-refractivity contribution in [3.05, 3.63) is 30.1 Å². The fourth-order valence-electron chi connectivity index (χ4n) is 3.30. The lowest BCUT2D eigenvalue weighted by Gasteiger charge is -2.31. The van der Waals surface area contributed by atoms with Gasteiger partial charge < -0.3 is 10.1 Å². The maximum Gasteiger partial charge on any atom is 0.237 e. The quantitative estimate of drug-likeness (QED) is 0.875. The lowest BCUT2D eigenvalue weighted by molar-refractivity contribution is -0.127. The van der Waals surface area contributed by atoms with Crippen LogP contribution in [0.5, 0.6) is 5.75 Å². The van der Waals surface area contributed by atoms with E-state index in [1.807, 2.05) is 13.8 Å². The summed E-state index contributed by atoms with van der Waals surface area (Å²) in [6.07, 6.45) is 1.97. The molecule has 4 nitrogen and oxygen atoms in total. The second kappa shape index (κ2) is 7.77. The van der Waals surface area contributed by atoms with Crippen LogP contribution >= 0.6 is 0 Å². The zero-order valence-electron chi connectivity index (χ0n) is 14.4. The average Bonchev–Trinajstić information content (AvgIpc) is 2.85. The highest BCUT2D eigenvalue weighted by atomic mass is 19.1. The van der Waals surface area contributed by atoms with E-state index >= 15 is 0 Å². The molecule has 128 valence electrons. The van der Waals surface area contributed by atoms with Crippen LogP contribution in [0.3, 0.4) is 0 Å². The van der Waals surface area contributed by atoms with Crippen LogP contribution in [-0.4, -0.2) is 41.6 Å². The molecule has 0 saturated carbocycles. The molecule has 1 aliphatic heterocycles. The van der Waals surface area contributed by atoms with E-state index in [1.165, 1.54) is 6.07 Å². The second-order valence-electron chi connectivity index (χ2n) is 6.50. The van der Waals surface area contributed by atoms with Gasteiger partial charge in [0.25, 0.3) is 0 Å². The molecule has 0 aliphatic carbocycles. The lowest BCUT2D eigenvalue weighted by Crippen LogP contribution is -2.50. The molecule has 0 spiro atoms. The number of halogens is 1. The first-order valence-electron chi connectivity index (χ1n) is 8.36. The van der Waals surface area contributed by atoms with Crippen LogP contribution in [0.25, 0.3) is 0 Å². The third kappa shape index (κ3) is 4.44. The van der Waals surface area contributed by atoms with Gasteiger partial charge in [-0.25, -0.2) is 4.39 Å². The molecule has 2 rings (SSSR count). The van der Waals surface area contributed by atoms with E-state index in [-0.39, 0.29) is 23.8 Å². The van der Waals surface area contributed by atoms with Gasteiger partial charge in [0.2, 0.25) is 5.91 Å². The molecule has 1 aromatic rings. The number of benzene rings is 1. The molecular formula is C18H27FN2O2. The molecule has 4 atom stereocenters. The van der Waals surface area contributed by atoms with Crippen molar-refractivity contribution in [3.8, 4) is 5.75 Å². The van der Waals surface area contributed by atoms with E-state index in [9.17, 15) is 9.18 Å². The number of hydrogen-bond acceptors (Lipinski definition) is 3. The normalized spacial score (nSPS) is 24.2. The van der Waals surface area contributed by atoms with Crippen molar-refractivity contribution < 1.29 is 13.9 Å². The largest absolute Gasteiger partial charge is 0.486 e. The number of nitrogens with zero attached hydrogens (tertiary/aromatic N) is 1. The van der Waals surface area contributed by atoms with E-state index in [1.54, 1.807) is 18.2 Å². The van der Waals surface area contributed by atoms with Gasteiger partial charge in [-0.15, -0.1) is 0 Å². The Morgan fingerprint density at radius 3 is 2.52 bits per heavy atom. The molecular weight excluding hydrogens is 295 g/mol. The molecule has 1 fully saturated rings. The Bertz CT molecular complexity index is 528. The van der Waals surface area contributed by atoms with Gasteiger partial charge in [-0.1, -0.05) is 12.1 Å². The van der Waals surface area contributed by atoms with Crippen LogP contribution in [0.2, 0.25) is 0 Å². The predicted molar refractivity (Wildman–Crippen MR) is 89.0 cm³/mol. The van der Waals surface area contributed by atoms with Gasteiger partial charge in [0, 0.05) is 12.1 Å². The van der Waals surface area contributed by atoms with Crippen LogP contribution in [-0.2, 0) is 4.79 Å². The van der Waals surface area contributed by atoms with E-state index in [0.717, 1.165) is 12.8 Å².